The summed E-state index contributed by atoms with van der Waals surface area (Å²) in [7, 11) is 0. The lowest BCUT2D eigenvalue weighted by molar-refractivity contribution is -0.138. The van der Waals surface area contributed by atoms with Crippen LogP contribution in [0.5, 0.6) is 5.95 Å². The van der Waals surface area contributed by atoms with Crippen LogP contribution in [0, 0.1) is 0 Å². The van der Waals surface area contributed by atoms with Crippen molar-refractivity contribution in [1.82, 2.24) is 0 Å². The van der Waals surface area contributed by atoms with Gasteiger partial charge in [0.1, 0.15) is 6.04 Å². The lowest BCUT2D eigenvalue weighted by atomic mass is 10.4. The van der Waals surface area contributed by atoms with E-state index in [4.69, 9.17) is 15.9 Å². The van der Waals surface area contributed by atoms with Gasteiger partial charge in [-0.3, -0.25) is 4.79 Å². The zero-order valence-corrected chi connectivity index (χ0v) is 6.60. The fraction of sp³-hybridized carbons (Fsp3) is 0.286. The quantitative estimate of drug-likeness (QED) is 0.571. The molecule has 0 bridgehead atoms. The number of hydrogen-bond donors (Lipinski definition) is 3. The number of nitrogens with two attached hydrogens (primary N) is 1. The number of aromatic hydroxyl groups is 1. The fourth-order valence-corrected chi connectivity index (χ4v) is 0.270. The van der Waals surface area contributed by atoms with Crippen molar-refractivity contribution < 1.29 is 19.4 Å². The van der Waals surface area contributed by atoms with Gasteiger partial charge in [-0.25, -0.2) is 0 Å². The lowest BCUT2D eigenvalue weighted by Crippen LogP contribution is -2.25. The van der Waals surface area contributed by atoms with E-state index in [1.54, 1.807) is 6.07 Å². The fourth-order valence-electron chi connectivity index (χ4n) is 0.270. The molecule has 68 valence electrons. The standard InChI is InChI=1S/C4H4O2.C3H7NO2/c5-4-2-1-3-6-4;1-2(4)3(5)6/h1-3,5H;2H,4H2,1H3,(H,5,6). The smallest absolute Gasteiger partial charge is 0.320 e. The first kappa shape index (κ1) is 10.5. The second-order valence-electron chi connectivity index (χ2n) is 2.08. The molecule has 4 N–H and O–H groups in total. The van der Waals surface area contributed by atoms with Gasteiger partial charge in [-0.15, -0.1) is 0 Å². The first-order valence-corrected chi connectivity index (χ1v) is 3.25. The van der Waals surface area contributed by atoms with E-state index in [0.717, 1.165) is 0 Å². The van der Waals surface area contributed by atoms with Gasteiger partial charge in [-0.05, 0) is 13.0 Å². The highest BCUT2D eigenvalue weighted by molar-refractivity contribution is 5.72. The van der Waals surface area contributed by atoms with Gasteiger partial charge in [-0.1, -0.05) is 0 Å². The Bertz CT molecular complexity index is 217. The zero-order chi connectivity index (χ0) is 9.56. The summed E-state index contributed by atoms with van der Waals surface area (Å²) in [6.45, 7) is 1.42. The van der Waals surface area contributed by atoms with Gasteiger partial charge in [0.2, 0.25) is 0 Å². The topological polar surface area (TPSA) is 96.7 Å². The molecule has 0 fully saturated rings. The molecule has 0 aliphatic carbocycles. The van der Waals surface area contributed by atoms with Crippen molar-refractivity contribution in [2.24, 2.45) is 5.73 Å². The summed E-state index contributed by atoms with van der Waals surface area (Å²) in [6.07, 6.45) is 1.41. The molecule has 1 aromatic rings. The van der Waals surface area contributed by atoms with Gasteiger partial charge in [0.05, 0.1) is 6.26 Å². The summed E-state index contributed by atoms with van der Waals surface area (Å²) in [4.78, 5) is 9.57. The van der Waals surface area contributed by atoms with Crippen molar-refractivity contribution in [3.05, 3.63) is 18.4 Å². The van der Waals surface area contributed by atoms with Crippen LogP contribution in [-0.4, -0.2) is 22.2 Å². The number of hydrogen-bond acceptors (Lipinski definition) is 4. The highest BCUT2D eigenvalue weighted by Gasteiger charge is 1.99. The number of carboxylic acid groups (broad SMARTS) is 1. The molecule has 1 atom stereocenters. The van der Waals surface area contributed by atoms with Crippen LogP contribution in [0.25, 0.3) is 0 Å². The second kappa shape index (κ2) is 5.20. The average molecular weight is 173 g/mol. The van der Waals surface area contributed by atoms with E-state index in [-0.39, 0.29) is 5.95 Å². The Hall–Kier alpha value is -1.49. The third kappa shape index (κ3) is 5.31. The molecular formula is C7H11NO4. The lowest BCUT2D eigenvalue weighted by Gasteiger charge is -1.90. The van der Waals surface area contributed by atoms with Crippen LogP contribution >= 0.6 is 0 Å². The number of aliphatic carboxylic acids is 1. The first-order chi connectivity index (χ1) is 5.54. The molecule has 0 aliphatic rings. The van der Waals surface area contributed by atoms with Crippen LogP contribution in [0.3, 0.4) is 0 Å². The molecular weight excluding hydrogens is 162 g/mol. The SMILES string of the molecule is CC(N)C(=O)O.Oc1ccco1. The third-order valence-corrected chi connectivity index (χ3v) is 0.896. The second-order valence-corrected chi connectivity index (χ2v) is 2.08. The predicted octanol–water partition coefficient (Wildman–Crippen LogP) is 0.403. The summed E-state index contributed by atoms with van der Waals surface area (Å²) in [5, 5.41) is 16.2. The highest BCUT2D eigenvalue weighted by Crippen LogP contribution is 2.04. The Labute approximate surface area is 69.4 Å². The minimum absolute atomic E-state index is 0.0324. The first-order valence-electron chi connectivity index (χ1n) is 3.25. The maximum absolute atomic E-state index is 9.57. The molecule has 5 nitrogen and oxygen atoms in total. The summed E-state index contributed by atoms with van der Waals surface area (Å²) >= 11 is 0. The number of rotatable bonds is 1. The molecule has 12 heavy (non-hydrogen) atoms. The molecule has 0 saturated heterocycles. The van der Waals surface area contributed by atoms with Gasteiger partial charge >= 0.3 is 5.97 Å². The van der Waals surface area contributed by atoms with Gasteiger partial charge in [0.15, 0.2) is 0 Å². The molecule has 0 aliphatic heterocycles. The van der Waals surface area contributed by atoms with Gasteiger partial charge in [0.25, 0.3) is 5.95 Å². The van der Waals surface area contributed by atoms with Gasteiger partial charge in [0, 0.05) is 6.07 Å². The number of carbonyl (C=O) groups is 1. The summed E-state index contributed by atoms with van der Waals surface area (Å²) in [5.74, 6) is -0.995. The molecule has 1 aromatic heterocycles. The molecule has 5 heteroatoms. The highest BCUT2D eigenvalue weighted by atomic mass is 16.5. The molecule has 0 saturated carbocycles. The maximum Gasteiger partial charge on any atom is 0.320 e. The van der Waals surface area contributed by atoms with Crippen molar-refractivity contribution in [3.8, 4) is 5.95 Å². The molecule has 0 amide bonds. The van der Waals surface area contributed by atoms with E-state index >= 15 is 0 Å². The third-order valence-electron chi connectivity index (χ3n) is 0.896. The monoisotopic (exact) mass is 173 g/mol. The minimum atomic E-state index is -0.963. The Morgan fingerprint density at radius 3 is 2.33 bits per heavy atom. The van der Waals surface area contributed by atoms with Crippen LogP contribution < -0.4 is 5.73 Å². The predicted molar refractivity (Wildman–Crippen MR) is 41.7 cm³/mol. The van der Waals surface area contributed by atoms with E-state index in [9.17, 15) is 4.79 Å². The molecule has 1 rings (SSSR count). The van der Waals surface area contributed by atoms with E-state index in [0.29, 0.717) is 0 Å². The summed E-state index contributed by atoms with van der Waals surface area (Å²) in [5.41, 5.74) is 4.84. The number of carboxylic acids is 1. The van der Waals surface area contributed by atoms with Crippen LogP contribution in [-0.2, 0) is 4.79 Å². The van der Waals surface area contributed by atoms with Gasteiger partial charge < -0.3 is 20.4 Å². The molecule has 0 spiro atoms. The Morgan fingerprint density at radius 1 is 1.75 bits per heavy atom. The maximum atomic E-state index is 9.57. The molecule has 0 radical (unpaired) electrons. The Kier molecular flexibility index (Phi) is 4.55. The van der Waals surface area contributed by atoms with Crippen LogP contribution in [0.2, 0.25) is 0 Å². The molecule has 1 heterocycles. The van der Waals surface area contributed by atoms with Crippen molar-refractivity contribution in [2.45, 2.75) is 13.0 Å². The van der Waals surface area contributed by atoms with Crippen molar-refractivity contribution in [2.75, 3.05) is 0 Å². The largest absolute Gasteiger partial charge is 0.481 e. The minimum Gasteiger partial charge on any atom is -0.481 e. The summed E-state index contributed by atoms with van der Waals surface area (Å²) < 4.78 is 4.39. The molecule has 0 aromatic carbocycles. The van der Waals surface area contributed by atoms with Crippen molar-refractivity contribution in [3.63, 3.8) is 0 Å². The van der Waals surface area contributed by atoms with Crippen LogP contribution in [0.4, 0.5) is 0 Å². The van der Waals surface area contributed by atoms with Crippen molar-refractivity contribution in [1.29, 1.82) is 0 Å². The molecule has 1 unspecified atom stereocenters. The Balaban J connectivity index is 0.000000202. The van der Waals surface area contributed by atoms with E-state index in [1.807, 2.05) is 0 Å². The van der Waals surface area contributed by atoms with E-state index in [2.05, 4.69) is 4.42 Å². The van der Waals surface area contributed by atoms with E-state index < -0.39 is 12.0 Å². The van der Waals surface area contributed by atoms with Crippen LogP contribution in [0.1, 0.15) is 6.92 Å². The van der Waals surface area contributed by atoms with E-state index in [1.165, 1.54) is 19.3 Å². The normalized spacial score (nSPS) is 11.2. The van der Waals surface area contributed by atoms with Crippen LogP contribution in [0.15, 0.2) is 22.8 Å². The average Bonchev–Trinajstić information content (AvgIpc) is 2.40. The Morgan fingerprint density at radius 2 is 2.25 bits per heavy atom. The van der Waals surface area contributed by atoms with Gasteiger partial charge in [-0.2, -0.15) is 0 Å². The zero-order valence-electron chi connectivity index (χ0n) is 6.60. The summed E-state index contributed by atoms with van der Waals surface area (Å²) in [6, 6.07) is 2.36. The number of furan rings is 1. The van der Waals surface area contributed by atoms with Crippen molar-refractivity contribution >= 4 is 5.97 Å².